The Balaban J connectivity index is 1.21. The number of hydrogen-bond acceptors (Lipinski definition) is 3. The molecule has 6 nitrogen and oxygen atoms in total. The van der Waals surface area contributed by atoms with Crippen LogP contribution in [0.4, 0.5) is 0 Å². The normalized spacial score (nSPS) is 37.1. The van der Waals surface area contributed by atoms with E-state index in [9.17, 15) is 14.4 Å². The van der Waals surface area contributed by atoms with Crippen molar-refractivity contribution < 1.29 is 14.4 Å². The minimum atomic E-state index is -0.265. The van der Waals surface area contributed by atoms with Crippen LogP contribution in [0.2, 0.25) is 0 Å². The van der Waals surface area contributed by atoms with Gasteiger partial charge in [-0.3, -0.25) is 14.4 Å². The van der Waals surface area contributed by atoms with Gasteiger partial charge in [0.15, 0.2) is 0 Å². The first-order valence-electron chi connectivity index (χ1n) is 10.7. The summed E-state index contributed by atoms with van der Waals surface area (Å²) in [6.07, 6.45) is 7.47. The number of nitrogens with zero attached hydrogens (tertiary/aromatic N) is 1. The fraction of sp³-hybridized carbons (Fsp3) is 0.857. The minimum absolute atomic E-state index is 0.0558. The Morgan fingerprint density at radius 3 is 2.11 bits per heavy atom. The van der Waals surface area contributed by atoms with Crippen LogP contribution in [-0.4, -0.2) is 48.3 Å². The second-order valence-corrected chi connectivity index (χ2v) is 9.79. The van der Waals surface area contributed by atoms with Gasteiger partial charge in [-0.15, -0.1) is 0 Å². The third kappa shape index (κ3) is 3.59. The summed E-state index contributed by atoms with van der Waals surface area (Å²) in [5.41, 5.74) is -0.131. The molecule has 5 rings (SSSR count). The van der Waals surface area contributed by atoms with E-state index < -0.39 is 0 Å². The van der Waals surface area contributed by atoms with Crippen molar-refractivity contribution in [1.82, 2.24) is 15.5 Å². The predicted octanol–water partition coefficient (Wildman–Crippen LogP) is 1.69. The summed E-state index contributed by atoms with van der Waals surface area (Å²) in [5.74, 6) is 2.19. The topological polar surface area (TPSA) is 78.5 Å². The van der Waals surface area contributed by atoms with Crippen molar-refractivity contribution in [3.8, 4) is 0 Å². The molecule has 0 aromatic carbocycles. The third-order valence-corrected chi connectivity index (χ3v) is 7.38. The average molecular weight is 376 g/mol. The van der Waals surface area contributed by atoms with Crippen LogP contribution >= 0.6 is 0 Å². The average Bonchev–Trinajstić information content (AvgIpc) is 2.99. The smallest absolute Gasteiger partial charge is 0.226 e. The first-order valence-corrected chi connectivity index (χ1v) is 10.7. The molecule has 0 spiro atoms. The van der Waals surface area contributed by atoms with E-state index >= 15 is 0 Å². The Bertz CT molecular complexity index is 595. The van der Waals surface area contributed by atoms with E-state index in [1.54, 1.807) is 4.90 Å². The maximum atomic E-state index is 12.9. The molecule has 3 amide bonds. The lowest BCUT2D eigenvalue weighted by atomic mass is 9.49. The minimum Gasteiger partial charge on any atom is -0.354 e. The highest BCUT2D eigenvalue weighted by molar-refractivity contribution is 5.89. The van der Waals surface area contributed by atoms with E-state index in [4.69, 9.17) is 0 Å². The third-order valence-electron chi connectivity index (χ3n) is 7.38. The molecular weight excluding hydrogens is 342 g/mol. The Morgan fingerprint density at radius 1 is 1.04 bits per heavy atom. The standard InChI is InChI=1S/C21H33N3O3/c1-13(2)24-12-17(8-18(24)25)19(26)22-3-4-23-20(27)21-9-14-5-15(10-21)7-16(6-14)11-21/h13-17H,3-12H2,1-2H3,(H,22,26)(H,23,27). The van der Waals surface area contributed by atoms with Crippen LogP contribution in [-0.2, 0) is 14.4 Å². The van der Waals surface area contributed by atoms with E-state index in [-0.39, 0.29) is 35.1 Å². The molecule has 5 aliphatic rings. The summed E-state index contributed by atoms with van der Waals surface area (Å²) >= 11 is 0. The maximum absolute atomic E-state index is 12.9. The number of carbonyl (C=O) groups excluding carboxylic acids is 3. The summed E-state index contributed by atoms with van der Waals surface area (Å²) < 4.78 is 0. The van der Waals surface area contributed by atoms with Gasteiger partial charge in [0, 0.05) is 37.5 Å². The number of hydrogen-bond donors (Lipinski definition) is 2. The Morgan fingerprint density at radius 2 is 1.59 bits per heavy atom. The van der Waals surface area contributed by atoms with Gasteiger partial charge < -0.3 is 15.5 Å². The van der Waals surface area contributed by atoms with Crippen LogP contribution in [0.1, 0.15) is 58.8 Å². The second kappa shape index (κ2) is 7.10. The van der Waals surface area contributed by atoms with Crippen LogP contribution in [0.15, 0.2) is 0 Å². The summed E-state index contributed by atoms with van der Waals surface area (Å²) in [5, 5.41) is 5.99. The molecule has 4 bridgehead atoms. The van der Waals surface area contributed by atoms with Crippen molar-refractivity contribution in [2.45, 2.75) is 64.8 Å². The first kappa shape index (κ1) is 18.8. The van der Waals surface area contributed by atoms with Gasteiger partial charge in [0.25, 0.3) is 0 Å². The van der Waals surface area contributed by atoms with E-state index in [0.29, 0.717) is 26.1 Å². The SMILES string of the molecule is CC(C)N1CC(C(=O)NCCNC(=O)C23CC4CC(CC(C4)C2)C3)CC1=O. The van der Waals surface area contributed by atoms with Crippen molar-refractivity contribution in [1.29, 1.82) is 0 Å². The molecule has 1 unspecified atom stereocenters. The molecule has 1 heterocycles. The van der Waals surface area contributed by atoms with Crippen LogP contribution in [0, 0.1) is 29.1 Å². The fourth-order valence-corrected chi connectivity index (χ4v) is 6.49. The van der Waals surface area contributed by atoms with Gasteiger partial charge >= 0.3 is 0 Å². The number of carbonyl (C=O) groups is 3. The lowest BCUT2D eigenvalue weighted by Gasteiger charge is -2.55. The number of likely N-dealkylation sites (tertiary alicyclic amines) is 1. The van der Waals surface area contributed by atoms with E-state index in [1.165, 1.54) is 19.3 Å². The zero-order valence-electron chi connectivity index (χ0n) is 16.6. The molecule has 1 aliphatic heterocycles. The highest BCUT2D eigenvalue weighted by Gasteiger charge is 2.54. The molecule has 0 aromatic rings. The highest BCUT2D eigenvalue weighted by Crippen LogP contribution is 2.60. The highest BCUT2D eigenvalue weighted by atomic mass is 16.2. The molecule has 0 radical (unpaired) electrons. The predicted molar refractivity (Wildman–Crippen MR) is 102 cm³/mol. The largest absolute Gasteiger partial charge is 0.354 e. The van der Waals surface area contributed by atoms with Gasteiger partial charge in [-0.2, -0.15) is 0 Å². The molecule has 1 atom stereocenters. The first-order chi connectivity index (χ1) is 12.9. The number of nitrogens with one attached hydrogen (secondary N) is 2. The fourth-order valence-electron chi connectivity index (χ4n) is 6.49. The molecule has 0 aromatic heterocycles. The monoisotopic (exact) mass is 375 g/mol. The van der Waals surface area contributed by atoms with Gasteiger partial charge in [0.1, 0.15) is 0 Å². The van der Waals surface area contributed by atoms with Crippen LogP contribution in [0.5, 0.6) is 0 Å². The van der Waals surface area contributed by atoms with Gasteiger partial charge in [0.2, 0.25) is 17.7 Å². The molecule has 150 valence electrons. The van der Waals surface area contributed by atoms with Crippen LogP contribution in [0.25, 0.3) is 0 Å². The van der Waals surface area contributed by atoms with Gasteiger partial charge in [0.05, 0.1) is 5.92 Å². The Labute approximate surface area is 161 Å². The molecule has 1 saturated heterocycles. The Hall–Kier alpha value is -1.59. The summed E-state index contributed by atoms with van der Waals surface area (Å²) in [4.78, 5) is 38.9. The van der Waals surface area contributed by atoms with E-state index in [2.05, 4.69) is 10.6 Å². The number of rotatable bonds is 6. The molecule has 27 heavy (non-hydrogen) atoms. The molecule has 2 N–H and O–H groups in total. The van der Waals surface area contributed by atoms with Crippen molar-refractivity contribution in [2.75, 3.05) is 19.6 Å². The van der Waals surface area contributed by atoms with Gasteiger partial charge in [-0.05, 0) is 70.1 Å². The van der Waals surface area contributed by atoms with Crippen molar-refractivity contribution in [2.24, 2.45) is 29.1 Å². The van der Waals surface area contributed by atoms with Gasteiger partial charge in [-0.1, -0.05) is 0 Å². The van der Waals surface area contributed by atoms with E-state index in [1.807, 2.05) is 13.8 Å². The zero-order valence-corrected chi connectivity index (χ0v) is 16.6. The quantitative estimate of drug-likeness (QED) is 0.694. The molecule has 4 saturated carbocycles. The van der Waals surface area contributed by atoms with Gasteiger partial charge in [-0.25, -0.2) is 0 Å². The van der Waals surface area contributed by atoms with Crippen LogP contribution < -0.4 is 10.6 Å². The lowest BCUT2D eigenvalue weighted by molar-refractivity contribution is -0.146. The second-order valence-electron chi connectivity index (χ2n) is 9.79. The lowest BCUT2D eigenvalue weighted by Crippen LogP contribution is -2.54. The van der Waals surface area contributed by atoms with Crippen molar-refractivity contribution in [3.05, 3.63) is 0 Å². The molecule has 4 aliphatic carbocycles. The molecule has 6 heteroatoms. The van der Waals surface area contributed by atoms with Crippen molar-refractivity contribution in [3.63, 3.8) is 0 Å². The molecule has 5 fully saturated rings. The summed E-state index contributed by atoms with van der Waals surface area (Å²) in [7, 11) is 0. The molecular formula is C21H33N3O3. The summed E-state index contributed by atoms with van der Waals surface area (Å²) in [6.45, 7) is 5.35. The van der Waals surface area contributed by atoms with Crippen LogP contribution in [0.3, 0.4) is 0 Å². The zero-order chi connectivity index (χ0) is 19.2. The maximum Gasteiger partial charge on any atom is 0.226 e. The number of amides is 3. The summed E-state index contributed by atoms with van der Waals surface area (Å²) in [6, 6.07) is 0.134. The Kier molecular flexibility index (Phi) is 4.93. The van der Waals surface area contributed by atoms with E-state index in [0.717, 1.165) is 37.0 Å². The van der Waals surface area contributed by atoms with Crippen molar-refractivity contribution >= 4 is 17.7 Å².